The largest absolute Gasteiger partial charge is 0.381 e. The van der Waals surface area contributed by atoms with Crippen LogP contribution in [0.3, 0.4) is 0 Å². The molecule has 0 N–H and O–H groups in total. The molecule has 0 aromatic carbocycles. The molecular formula is C7H17N. The van der Waals surface area contributed by atoms with E-state index >= 15 is 0 Å². The van der Waals surface area contributed by atoms with Crippen molar-refractivity contribution in [2.75, 3.05) is 13.6 Å². The highest BCUT2D eigenvalue weighted by Gasteiger charge is 1.74. The van der Waals surface area contributed by atoms with Crippen LogP contribution in [0, 0.1) is 0 Å². The van der Waals surface area contributed by atoms with Crippen molar-refractivity contribution in [2.45, 2.75) is 20.8 Å². The van der Waals surface area contributed by atoms with E-state index in [2.05, 4.69) is 13.5 Å². The molecule has 0 atom stereocenters. The fourth-order valence-electron chi connectivity index (χ4n) is 0.129. The first-order valence-electron chi connectivity index (χ1n) is 3.14. The van der Waals surface area contributed by atoms with Crippen LogP contribution in [0.5, 0.6) is 0 Å². The Kier molecular flexibility index (Phi) is 12.8. The lowest BCUT2D eigenvalue weighted by atomic mass is 10.7. The second kappa shape index (κ2) is 9.74. The van der Waals surface area contributed by atoms with Crippen molar-refractivity contribution in [2.24, 2.45) is 0 Å². The van der Waals surface area contributed by atoms with Crippen molar-refractivity contribution in [1.29, 1.82) is 0 Å². The standard InChI is InChI=1S/C5H11N.C2H6/c1-4-6(3)5-2;1-2/h4H,1,5H2,2-3H3;1-2H3. The Bertz CT molecular complexity index is 41.7. The van der Waals surface area contributed by atoms with E-state index in [1.807, 2.05) is 25.8 Å². The van der Waals surface area contributed by atoms with Crippen LogP contribution in [0.2, 0.25) is 0 Å². The Morgan fingerprint density at radius 2 is 1.88 bits per heavy atom. The van der Waals surface area contributed by atoms with E-state index in [-0.39, 0.29) is 0 Å². The lowest BCUT2D eigenvalue weighted by molar-refractivity contribution is 0.486. The van der Waals surface area contributed by atoms with Gasteiger partial charge in [0.25, 0.3) is 0 Å². The third kappa shape index (κ3) is 9.11. The molecule has 0 amide bonds. The first-order chi connectivity index (χ1) is 3.81. The number of nitrogens with zero attached hydrogens (tertiary/aromatic N) is 1. The number of rotatable bonds is 2. The molecule has 0 aliphatic heterocycles. The fraction of sp³-hybridized carbons (Fsp3) is 0.714. The monoisotopic (exact) mass is 115 g/mol. The average Bonchev–Trinajstić information content (AvgIpc) is 1.91. The normalized spacial score (nSPS) is 6.50. The highest BCUT2D eigenvalue weighted by Crippen LogP contribution is 1.74. The van der Waals surface area contributed by atoms with Crippen LogP contribution in [-0.2, 0) is 0 Å². The minimum atomic E-state index is 1.05. The van der Waals surface area contributed by atoms with Crippen LogP contribution in [0.25, 0.3) is 0 Å². The maximum atomic E-state index is 3.56. The van der Waals surface area contributed by atoms with E-state index in [9.17, 15) is 0 Å². The number of hydrogen-bond acceptors (Lipinski definition) is 1. The Morgan fingerprint density at radius 3 is 1.88 bits per heavy atom. The van der Waals surface area contributed by atoms with E-state index in [1.54, 1.807) is 6.20 Å². The van der Waals surface area contributed by atoms with Crippen molar-refractivity contribution in [3.05, 3.63) is 12.8 Å². The summed E-state index contributed by atoms with van der Waals surface area (Å²) < 4.78 is 0. The van der Waals surface area contributed by atoms with Gasteiger partial charge in [-0.2, -0.15) is 0 Å². The Labute approximate surface area is 53.0 Å². The summed E-state index contributed by atoms with van der Waals surface area (Å²) in [6.07, 6.45) is 1.81. The smallest absolute Gasteiger partial charge is 0.0140 e. The predicted octanol–water partition coefficient (Wildman–Crippen LogP) is 2.11. The summed E-state index contributed by atoms with van der Waals surface area (Å²) in [7, 11) is 1.99. The SMILES string of the molecule is C=CN(C)CC.CC. The first kappa shape index (κ1) is 10.5. The van der Waals surface area contributed by atoms with Crippen LogP contribution in [-0.4, -0.2) is 18.5 Å². The molecule has 0 saturated heterocycles. The lowest BCUT2D eigenvalue weighted by Gasteiger charge is -2.06. The quantitative estimate of drug-likeness (QED) is 0.532. The Morgan fingerprint density at radius 1 is 1.50 bits per heavy atom. The zero-order valence-corrected chi connectivity index (χ0v) is 6.44. The van der Waals surface area contributed by atoms with Crippen molar-refractivity contribution < 1.29 is 0 Å². The van der Waals surface area contributed by atoms with Crippen molar-refractivity contribution in [3.8, 4) is 0 Å². The van der Waals surface area contributed by atoms with E-state index in [0.717, 1.165) is 6.54 Å². The van der Waals surface area contributed by atoms with E-state index in [1.165, 1.54) is 0 Å². The van der Waals surface area contributed by atoms with Gasteiger partial charge in [-0.05, 0) is 13.1 Å². The molecule has 0 aliphatic carbocycles. The minimum Gasteiger partial charge on any atom is -0.381 e. The van der Waals surface area contributed by atoms with Gasteiger partial charge in [-0.3, -0.25) is 0 Å². The molecular weight excluding hydrogens is 98.1 g/mol. The van der Waals surface area contributed by atoms with Gasteiger partial charge in [0.05, 0.1) is 0 Å². The molecule has 0 rings (SSSR count). The second-order valence-electron chi connectivity index (χ2n) is 1.26. The first-order valence-corrected chi connectivity index (χ1v) is 3.14. The van der Waals surface area contributed by atoms with Gasteiger partial charge in [0, 0.05) is 13.6 Å². The van der Waals surface area contributed by atoms with E-state index < -0.39 is 0 Å². The van der Waals surface area contributed by atoms with Gasteiger partial charge in [0.15, 0.2) is 0 Å². The maximum Gasteiger partial charge on any atom is 0.0140 e. The zero-order valence-electron chi connectivity index (χ0n) is 6.44. The Balaban J connectivity index is 0. The van der Waals surface area contributed by atoms with Gasteiger partial charge in [-0.15, -0.1) is 0 Å². The molecule has 0 bridgehead atoms. The van der Waals surface area contributed by atoms with Crippen molar-refractivity contribution >= 4 is 0 Å². The summed E-state index contributed by atoms with van der Waals surface area (Å²) in [6, 6.07) is 0. The summed E-state index contributed by atoms with van der Waals surface area (Å²) >= 11 is 0. The summed E-state index contributed by atoms with van der Waals surface area (Å²) in [5.41, 5.74) is 0. The van der Waals surface area contributed by atoms with Crippen molar-refractivity contribution in [3.63, 3.8) is 0 Å². The molecule has 50 valence electrons. The van der Waals surface area contributed by atoms with Gasteiger partial charge in [-0.1, -0.05) is 20.4 Å². The summed E-state index contributed by atoms with van der Waals surface area (Å²) in [4.78, 5) is 2.01. The molecule has 0 radical (unpaired) electrons. The molecule has 0 saturated carbocycles. The molecule has 0 heterocycles. The van der Waals surface area contributed by atoms with Crippen molar-refractivity contribution in [1.82, 2.24) is 4.90 Å². The molecule has 1 heteroatoms. The summed E-state index contributed by atoms with van der Waals surface area (Å²) in [5, 5.41) is 0. The number of hydrogen-bond donors (Lipinski definition) is 0. The lowest BCUT2D eigenvalue weighted by Crippen LogP contribution is -2.06. The van der Waals surface area contributed by atoms with Gasteiger partial charge in [0.2, 0.25) is 0 Å². The van der Waals surface area contributed by atoms with Crippen LogP contribution >= 0.6 is 0 Å². The molecule has 0 fully saturated rings. The van der Waals surface area contributed by atoms with Gasteiger partial charge in [-0.25, -0.2) is 0 Å². The molecule has 8 heavy (non-hydrogen) atoms. The van der Waals surface area contributed by atoms with Crippen LogP contribution < -0.4 is 0 Å². The second-order valence-corrected chi connectivity index (χ2v) is 1.26. The van der Waals surface area contributed by atoms with Gasteiger partial charge >= 0.3 is 0 Å². The fourth-order valence-corrected chi connectivity index (χ4v) is 0.129. The zero-order chi connectivity index (χ0) is 6.99. The molecule has 0 aromatic rings. The third-order valence-electron chi connectivity index (χ3n) is 0.810. The Hall–Kier alpha value is -0.460. The highest BCUT2D eigenvalue weighted by atomic mass is 15.1. The third-order valence-corrected chi connectivity index (χ3v) is 0.810. The summed E-state index contributed by atoms with van der Waals surface area (Å²) in [6.45, 7) is 10.7. The molecule has 0 aromatic heterocycles. The average molecular weight is 115 g/mol. The molecule has 0 spiro atoms. The van der Waals surface area contributed by atoms with Crippen LogP contribution in [0.1, 0.15) is 20.8 Å². The van der Waals surface area contributed by atoms with Gasteiger partial charge in [0.1, 0.15) is 0 Å². The molecule has 1 nitrogen and oxygen atoms in total. The van der Waals surface area contributed by atoms with E-state index in [4.69, 9.17) is 0 Å². The summed E-state index contributed by atoms with van der Waals surface area (Å²) in [5.74, 6) is 0. The molecule has 0 aliphatic rings. The highest BCUT2D eigenvalue weighted by molar-refractivity contribution is 4.62. The predicted molar refractivity (Wildman–Crippen MR) is 39.8 cm³/mol. The molecule has 0 unspecified atom stereocenters. The van der Waals surface area contributed by atoms with E-state index in [0.29, 0.717) is 0 Å². The van der Waals surface area contributed by atoms with Crippen LogP contribution in [0.4, 0.5) is 0 Å². The minimum absolute atomic E-state index is 1.05. The topological polar surface area (TPSA) is 3.24 Å². The van der Waals surface area contributed by atoms with Gasteiger partial charge < -0.3 is 4.90 Å². The maximum absolute atomic E-state index is 3.56. The van der Waals surface area contributed by atoms with Crippen LogP contribution in [0.15, 0.2) is 12.8 Å².